The Hall–Kier alpha value is -3.31. The lowest BCUT2D eigenvalue weighted by Crippen LogP contribution is -2.14. The van der Waals surface area contributed by atoms with Crippen LogP contribution in [0.5, 0.6) is 5.75 Å². The van der Waals surface area contributed by atoms with Gasteiger partial charge in [-0.1, -0.05) is 36.4 Å². The van der Waals surface area contributed by atoms with Crippen LogP contribution in [0.3, 0.4) is 0 Å². The number of para-hydroxylation sites is 2. The molecule has 3 aromatic carbocycles. The largest absolute Gasteiger partial charge is 0.491 e. The van der Waals surface area contributed by atoms with Gasteiger partial charge in [-0.25, -0.2) is 0 Å². The molecule has 27 heavy (non-hydrogen) atoms. The van der Waals surface area contributed by atoms with Crippen molar-refractivity contribution in [1.29, 1.82) is 0 Å². The number of carbonyl (C=O) groups is 1. The SMILES string of the molecule is COCCOc1cccc(NC(=O)c2ccccc2Nc2ccccc2)c1. The number of rotatable bonds is 8. The fraction of sp³-hybridized carbons (Fsp3) is 0.136. The molecule has 0 aliphatic carbocycles. The van der Waals surface area contributed by atoms with Gasteiger partial charge in [-0.3, -0.25) is 4.79 Å². The van der Waals surface area contributed by atoms with Gasteiger partial charge in [0.1, 0.15) is 12.4 Å². The molecule has 1 amide bonds. The van der Waals surface area contributed by atoms with Gasteiger partial charge in [0.25, 0.3) is 5.91 Å². The number of hydrogen-bond acceptors (Lipinski definition) is 4. The molecule has 0 atom stereocenters. The Kier molecular flexibility index (Phi) is 6.44. The smallest absolute Gasteiger partial charge is 0.257 e. The lowest BCUT2D eigenvalue weighted by atomic mass is 10.1. The van der Waals surface area contributed by atoms with Crippen molar-refractivity contribution in [2.75, 3.05) is 31.0 Å². The molecule has 3 rings (SSSR count). The molecule has 0 bridgehead atoms. The van der Waals surface area contributed by atoms with Gasteiger partial charge >= 0.3 is 0 Å². The Morgan fingerprint density at radius 1 is 0.852 bits per heavy atom. The van der Waals surface area contributed by atoms with E-state index in [1.807, 2.05) is 66.7 Å². The van der Waals surface area contributed by atoms with Crippen LogP contribution in [0.1, 0.15) is 10.4 Å². The predicted molar refractivity (Wildman–Crippen MR) is 108 cm³/mol. The van der Waals surface area contributed by atoms with Crippen LogP contribution >= 0.6 is 0 Å². The fourth-order valence-electron chi connectivity index (χ4n) is 2.57. The highest BCUT2D eigenvalue weighted by Crippen LogP contribution is 2.23. The minimum Gasteiger partial charge on any atom is -0.491 e. The van der Waals surface area contributed by atoms with Crippen molar-refractivity contribution in [2.45, 2.75) is 0 Å². The van der Waals surface area contributed by atoms with E-state index in [1.165, 1.54) is 0 Å². The Morgan fingerprint density at radius 3 is 2.41 bits per heavy atom. The third kappa shape index (κ3) is 5.33. The monoisotopic (exact) mass is 362 g/mol. The van der Waals surface area contributed by atoms with Crippen LogP contribution in [-0.4, -0.2) is 26.2 Å². The van der Waals surface area contributed by atoms with Crippen molar-refractivity contribution >= 4 is 23.0 Å². The molecule has 5 nitrogen and oxygen atoms in total. The standard InChI is InChI=1S/C22H22N2O3/c1-26-14-15-27-19-11-7-10-18(16-19)24-22(25)20-12-5-6-13-21(20)23-17-8-3-2-4-9-17/h2-13,16,23H,14-15H2,1H3,(H,24,25). The normalized spacial score (nSPS) is 10.3. The number of benzene rings is 3. The van der Waals surface area contributed by atoms with Gasteiger partial charge < -0.3 is 20.1 Å². The van der Waals surface area contributed by atoms with Gasteiger partial charge in [0.15, 0.2) is 0 Å². The molecule has 2 N–H and O–H groups in total. The number of nitrogens with one attached hydrogen (secondary N) is 2. The van der Waals surface area contributed by atoms with Gasteiger partial charge in [-0.05, 0) is 36.4 Å². The number of hydrogen-bond donors (Lipinski definition) is 2. The van der Waals surface area contributed by atoms with Crippen LogP contribution in [0.15, 0.2) is 78.9 Å². The van der Waals surface area contributed by atoms with E-state index >= 15 is 0 Å². The van der Waals surface area contributed by atoms with Crippen LogP contribution in [0.4, 0.5) is 17.1 Å². The number of methoxy groups -OCH3 is 1. The lowest BCUT2D eigenvalue weighted by molar-refractivity contribution is 0.102. The summed E-state index contributed by atoms with van der Waals surface area (Å²) in [6.45, 7) is 0.965. The summed E-state index contributed by atoms with van der Waals surface area (Å²) >= 11 is 0. The number of carbonyl (C=O) groups excluding carboxylic acids is 1. The zero-order valence-electron chi connectivity index (χ0n) is 15.1. The Labute approximate surface area is 158 Å². The van der Waals surface area contributed by atoms with Crippen molar-refractivity contribution in [1.82, 2.24) is 0 Å². The summed E-state index contributed by atoms with van der Waals surface area (Å²) in [4.78, 5) is 12.8. The number of amides is 1. The number of ether oxygens (including phenoxy) is 2. The van der Waals surface area contributed by atoms with E-state index in [1.54, 1.807) is 19.2 Å². The summed E-state index contributed by atoms with van der Waals surface area (Å²) < 4.78 is 10.6. The summed E-state index contributed by atoms with van der Waals surface area (Å²) in [5.74, 6) is 0.489. The van der Waals surface area contributed by atoms with Gasteiger partial charge in [0.2, 0.25) is 0 Å². The second kappa shape index (κ2) is 9.40. The Balaban J connectivity index is 1.72. The van der Waals surface area contributed by atoms with Gasteiger partial charge in [0.05, 0.1) is 17.9 Å². The second-order valence-electron chi connectivity index (χ2n) is 5.86. The van der Waals surface area contributed by atoms with Crippen molar-refractivity contribution in [3.05, 3.63) is 84.4 Å². The maximum Gasteiger partial charge on any atom is 0.257 e. The predicted octanol–water partition coefficient (Wildman–Crippen LogP) is 4.71. The van der Waals surface area contributed by atoms with Crippen LogP contribution in [0.2, 0.25) is 0 Å². The van der Waals surface area contributed by atoms with E-state index in [4.69, 9.17) is 9.47 Å². The summed E-state index contributed by atoms with van der Waals surface area (Å²) in [6, 6.07) is 24.5. The lowest BCUT2D eigenvalue weighted by Gasteiger charge is -2.13. The molecule has 0 saturated carbocycles. The molecule has 138 valence electrons. The molecule has 5 heteroatoms. The minimum absolute atomic E-state index is 0.192. The second-order valence-corrected chi connectivity index (χ2v) is 5.86. The van der Waals surface area contributed by atoms with E-state index < -0.39 is 0 Å². The Morgan fingerprint density at radius 2 is 1.59 bits per heavy atom. The van der Waals surface area contributed by atoms with E-state index in [9.17, 15) is 4.79 Å². The van der Waals surface area contributed by atoms with Crippen molar-refractivity contribution < 1.29 is 14.3 Å². The highest BCUT2D eigenvalue weighted by atomic mass is 16.5. The molecular weight excluding hydrogens is 340 g/mol. The maximum absolute atomic E-state index is 12.8. The van der Waals surface area contributed by atoms with Crippen molar-refractivity contribution in [2.24, 2.45) is 0 Å². The van der Waals surface area contributed by atoms with Crippen LogP contribution in [-0.2, 0) is 4.74 Å². The molecule has 0 aliphatic heterocycles. The zero-order chi connectivity index (χ0) is 18.9. The highest BCUT2D eigenvalue weighted by molar-refractivity contribution is 6.08. The van der Waals surface area contributed by atoms with Gasteiger partial charge in [-0.2, -0.15) is 0 Å². The van der Waals surface area contributed by atoms with Gasteiger partial charge in [0, 0.05) is 24.6 Å². The molecule has 0 saturated heterocycles. The molecule has 0 spiro atoms. The van der Waals surface area contributed by atoms with E-state index in [-0.39, 0.29) is 5.91 Å². The molecular formula is C22H22N2O3. The fourth-order valence-corrected chi connectivity index (χ4v) is 2.57. The zero-order valence-corrected chi connectivity index (χ0v) is 15.1. The molecule has 3 aromatic rings. The van der Waals surface area contributed by atoms with Gasteiger partial charge in [-0.15, -0.1) is 0 Å². The number of anilines is 3. The van der Waals surface area contributed by atoms with Crippen LogP contribution in [0, 0.1) is 0 Å². The first-order chi connectivity index (χ1) is 13.3. The maximum atomic E-state index is 12.8. The third-order valence-electron chi connectivity index (χ3n) is 3.87. The summed E-state index contributed by atoms with van der Waals surface area (Å²) in [7, 11) is 1.63. The van der Waals surface area contributed by atoms with Crippen LogP contribution in [0.25, 0.3) is 0 Å². The first-order valence-corrected chi connectivity index (χ1v) is 8.70. The Bertz CT molecular complexity index is 881. The topological polar surface area (TPSA) is 59.6 Å². The molecule has 0 fully saturated rings. The van der Waals surface area contributed by atoms with Crippen molar-refractivity contribution in [3.8, 4) is 5.75 Å². The molecule has 0 aliphatic rings. The quantitative estimate of drug-likeness (QED) is 0.570. The van der Waals surface area contributed by atoms with E-state index in [2.05, 4.69) is 10.6 Å². The summed E-state index contributed by atoms with van der Waals surface area (Å²) in [6.07, 6.45) is 0. The first kappa shape index (κ1) is 18.5. The van der Waals surface area contributed by atoms with E-state index in [0.717, 1.165) is 11.4 Å². The van der Waals surface area contributed by atoms with Crippen LogP contribution < -0.4 is 15.4 Å². The molecule has 0 radical (unpaired) electrons. The average molecular weight is 362 g/mol. The van der Waals surface area contributed by atoms with E-state index in [0.29, 0.717) is 30.2 Å². The average Bonchev–Trinajstić information content (AvgIpc) is 2.70. The third-order valence-corrected chi connectivity index (χ3v) is 3.87. The minimum atomic E-state index is -0.192. The van der Waals surface area contributed by atoms with Crippen molar-refractivity contribution in [3.63, 3.8) is 0 Å². The first-order valence-electron chi connectivity index (χ1n) is 8.70. The molecule has 0 heterocycles. The summed E-state index contributed by atoms with van der Waals surface area (Å²) in [5, 5.41) is 6.21. The molecule has 0 aromatic heterocycles. The highest BCUT2D eigenvalue weighted by Gasteiger charge is 2.12. The summed E-state index contributed by atoms with van der Waals surface area (Å²) in [5.41, 5.74) is 2.90. The molecule has 0 unspecified atom stereocenters.